The molecule has 4 aromatic rings. The lowest BCUT2D eigenvalue weighted by Crippen LogP contribution is -2.37. The third-order valence-electron chi connectivity index (χ3n) is 5.21. The molecule has 32 heavy (non-hydrogen) atoms. The molecule has 0 aliphatic carbocycles. The summed E-state index contributed by atoms with van der Waals surface area (Å²) in [4.78, 5) is 11.0. The number of anilines is 3. The second-order valence-electron chi connectivity index (χ2n) is 7.23. The number of aliphatic hydroxyl groups is 1. The van der Waals surface area contributed by atoms with Gasteiger partial charge in [0.1, 0.15) is 5.69 Å². The number of nitriles is 1. The molecule has 5 rings (SSSR count). The van der Waals surface area contributed by atoms with Crippen molar-refractivity contribution in [3.05, 3.63) is 59.9 Å². The summed E-state index contributed by atoms with van der Waals surface area (Å²) in [6.07, 6.45) is 1.64. The topological polar surface area (TPSA) is 124 Å². The van der Waals surface area contributed by atoms with Crippen molar-refractivity contribution in [2.24, 2.45) is 0 Å². The molecule has 1 saturated heterocycles. The molecular formula is C22H20N8O2. The molecule has 1 aliphatic rings. The van der Waals surface area contributed by atoms with E-state index in [1.54, 1.807) is 30.5 Å². The summed E-state index contributed by atoms with van der Waals surface area (Å²) in [5.74, 6) is 1.18. The second kappa shape index (κ2) is 8.58. The van der Waals surface area contributed by atoms with Crippen molar-refractivity contribution in [3.63, 3.8) is 0 Å². The monoisotopic (exact) mass is 428 g/mol. The van der Waals surface area contributed by atoms with Gasteiger partial charge < -0.3 is 20.1 Å². The highest BCUT2D eigenvalue weighted by Gasteiger charge is 2.19. The number of rotatable bonds is 5. The van der Waals surface area contributed by atoms with Crippen LogP contribution in [0.5, 0.6) is 0 Å². The third kappa shape index (κ3) is 3.82. The first-order valence-corrected chi connectivity index (χ1v) is 10.2. The van der Waals surface area contributed by atoms with Crippen molar-refractivity contribution >= 4 is 23.0 Å². The average Bonchev–Trinajstić information content (AvgIpc) is 3.23. The maximum atomic E-state index is 9.94. The predicted molar refractivity (Wildman–Crippen MR) is 117 cm³/mol. The maximum Gasteiger partial charge on any atom is 0.227 e. The fourth-order valence-electron chi connectivity index (χ4n) is 3.68. The Kier molecular flexibility index (Phi) is 5.33. The fourth-order valence-corrected chi connectivity index (χ4v) is 3.68. The predicted octanol–water partition coefficient (Wildman–Crippen LogP) is 2.13. The van der Waals surface area contributed by atoms with Crippen LogP contribution in [0.3, 0.4) is 0 Å². The van der Waals surface area contributed by atoms with Crippen molar-refractivity contribution in [1.29, 1.82) is 5.26 Å². The van der Waals surface area contributed by atoms with Crippen molar-refractivity contribution in [1.82, 2.24) is 24.8 Å². The molecule has 160 valence electrons. The summed E-state index contributed by atoms with van der Waals surface area (Å²) >= 11 is 0. The Morgan fingerprint density at radius 3 is 2.81 bits per heavy atom. The van der Waals surface area contributed by atoms with E-state index in [2.05, 4.69) is 36.5 Å². The standard InChI is InChI=1S/C22H20N8O2/c23-13-15-2-1-3-16(12-15)25-22-24-7-6-17(26-22)21-18(14-31)27-30-19(21)4-5-20(28-30)29-8-10-32-11-9-29/h1-7,12,31H,8-11,14H2,(H,24,25,26). The van der Waals surface area contributed by atoms with Crippen LogP contribution in [0, 0.1) is 11.3 Å². The zero-order valence-corrected chi connectivity index (χ0v) is 17.1. The van der Waals surface area contributed by atoms with Gasteiger partial charge in [-0.15, -0.1) is 9.73 Å². The van der Waals surface area contributed by atoms with E-state index in [1.165, 1.54) is 4.63 Å². The van der Waals surface area contributed by atoms with Gasteiger partial charge in [-0.05, 0) is 36.4 Å². The number of benzene rings is 1. The summed E-state index contributed by atoms with van der Waals surface area (Å²) < 4.78 is 6.95. The number of nitrogens with zero attached hydrogens (tertiary/aromatic N) is 7. The van der Waals surface area contributed by atoms with Crippen LogP contribution in [0.1, 0.15) is 11.3 Å². The third-order valence-corrected chi connectivity index (χ3v) is 5.21. The Hall–Kier alpha value is -4.07. The summed E-state index contributed by atoms with van der Waals surface area (Å²) in [6, 6.07) is 14.8. The van der Waals surface area contributed by atoms with Crippen LogP contribution in [0.15, 0.2) is 48.7 Å². The van der Waals surface area contributed by atoms with Gasteiger partial charge in [-0.2, -0.15) is 10.4 Å². The molecule has 10 heteroatoms. The van der Waals surface area contributed by atoms with Gasteiger partial charge in [0.25, 0.3) is 0 Å². The van der Waals surface area contributed by atoms with Crippen molar-refractivity contribution in [3.8, 4) is 17.3 Å². The number of morpholine rings is 1. The van der Waals surface area contributed by atoms with Gasteiger partial charge in [0, 0.05) is 25.0 Å². The summed E-state index contributed by atoms with van der Waals surface area (Å²) in [6.45, 7) is 2.63. The first-order valence-electron chi connectivity index (χ1n) is 10.2. The summed E-state index contributed by atoms with van der Waals surface area (Å²) in [5, 5.41) is 31.3. The number of fused-ring (bicyclic) bond motifs is 1. The number of aliphatic hydroxyl groups excluding tert-OH is 1. The van der Waals surface area contributed by atoms with Gasteiger partial charge in [0.05, 0.1) is 48.2 Å². The van der Waals surface area contributed by atoms with Crippen LogP contribution in [0.4, 0.5) is 17.5 Å². The van der Waals surface area contributed by atoms with E-state index in [0.29, 0.717) is 47.4 Å². The zero-order chi connectivity index (χ0) is 21.9. The van der Waals surface area contributed by atoms with E-state index in [-0.39, 0.29) is 6.61 Å². The second-order valence-corrected chi connectivity index (χ2v) is 7.23. The minimum absolute atomic E-state index is 0.247. The van der Waals surface area contributed by atoms with E-state index >= 15 is 0 Å². The van der Waals surface area contributed by atoms with Crippen LogP contribution < -0.4 is 10.2 Å². The van der Waals surface area contributed by atoms with Crippen molar-refractivity contribution < 1.29 is 9.84 Å². The molecule has 1 aromatic carbocycles. The number of hydrogen-bond donors (Lipinski definition) is 2. The SMILES string of the molecule is N#Cc1cccc(Nc2nccc(-c3c(CO)nn4nc(N5CCOCC5)ccc34)n2)c1. The van der Waals surface area contributed by atoms with E-state index in [0.717, 1.165) is 24.4 Å². The molecule has 0 bridgehead atoms. The fraction of sp³-hybridized carbons (Fsp3) is 0.227. The lowest BCUT2D eigenvalue weighted by atomic mass is 10.1. The smallest absolute Gasteiger partial charge is 0.227 e. The van der Waals surface area contributed by atoms with Gasteiger partial charge >= 0.3 is 0 Å². The van der Waals surface area contributed by atoms with Crippen LogP contribution in [-0.2, 0) is 11.3 Å². The first-order chi connectivity index (χ1) is 15.7. The highest BCUT2D eigenvalue weighted by Crippen LogP contribution is 2.29. The highest BCUT2D eigenvalue weighted by atomic mass is 16.5. The summed E-state index contributed by atoms with van der Waals surface area (Å²) in [7, 11) is 0. The molecule has 0 amide bonds. The molecule has 1 fully saturated rings. The largest absolute Gasteiger partial charge is 0.390 e. The quantitative estimate of drug-likeness (QED) is 0.492. The number of hydrogen-bond acceptors (Lipinski definition) is 9. The Balaban J connectivity index is 1.51. The highest BCUT2D eigenvalue weighted by molar-refractivity contribution is 5.81. The molecule has 1 aliphatic heterocycles. The van der Waals surface area contributed by atoms with E-state index in [4.69, 9.17) is 10.00 Å². The molecule has 3 aromatic heterocycles. The average molecular weight is 428 g/mol. The minimum atomic E-state index is -0.247. The molecule has 0 saturated carbocycles. The molecule has 2 N–H and O–H groups in total. The molecule has 10 nitrogen and oxygen atoms in total. The van der Waals surface area contributed by atoms with Crippen LogP contribution in [0.25, 0.3) is 16.8 Å². The van der Waals surface area contributed by atoms with E-state index in [9.17, 15) is 5.11 Å². The molecular weight excluding hydrogens is 408 g/mol. The molecule has 0 unspecified atom stereocenters. The summed E-state index contributed by atoms with van der Waals surface area (Å²) in [5.41, 5.74) is 3.78. The van der Waals surface area contributed by atoms with Crippen molar-refractivity contribution in [2.75, 3.05) is 36.5 Å². The Morgan fingerprint density at radius 1 is 1.12 bits per heavy atom. The Labute approximate surface area is 183 Å². The van der Waals surface area contributed by atoms with Crippen LogP contribution in [-0.4, -0.2) is 56.2 Å². The lowest BCUT2D eigenvalue weighted by molar-refractivity contribution is 0.122. The van der Waals surface area contributed by atoms with Gasteiger partial charge in [0.2, 0.25) is 5.95 Å². The van der Waals surface area contributed by atoms with Crippen LogP contribution in [0.2, 0.25) is 0 Å². The zero-order valence-electron chi connectivity index (χ0n) is 17.1. The Bertz CT molecular complexity index is 1310. The molecule has 0 atom stereocenters. The minimum Gasteiger partial charge on any atom is -0.390 e. The van der Waals surface area contributed by atoms with E-state index in [1.807, 2.05) is 18.2 Å². The molecule has 0 spiro atoms. The van der Waals surface area contributed by atoms with E-state index < -0.39 is 0 Å². The number of aromatic nitrogens is 5. The first kappa shape index (κ1) is 19.9. The Morgan fingerprint density at radius 2 is 2.00 bits per heavy atom. The number of ether oxygens (including phenoxy) is 1. The van der Waals surface area contributed by atoms with Crippen molar-refractivity contribution in [2.45, 2.75) is 6.61 Å². The maximum absolute atomic E-state index is 9.94. The van der Waals surface area contributed by atoms with Crippen LogP contribution >= 0.6 is 0 Å². The molecule has 0 radical (unpaired) electrons. The van der Waals surface area contributed by atoms with Gasteiger partial charge in [0.15, 0.2) is 5.82 Å². The van der Waals surface area contributed by atoms with Gasteiger partial charge in [-0.3, -0.25) is 0 Å². The molecule has 4 heterocycles. The van der Waals surface area contributed by atoms with Gasteiger partial charge in [-0.1, -0.05) is 6.07 Å². The normalized spacial score (nSPS) is 13.8. The van der Waals surface area contributed by atoms with Gasteiger partial charge in [-0.25, -0.2) is 9.97 Å². The lowest BCUT2D eigenvalue weighted by Gasteiger charge is -2.27. The number of nitrogens with one attached hydrogen (secondary N) is 1.